The van der Waals surface area contributed by atoms with Crippen molar-refractivity contribution in [3.63, 3.8) is 0 Å². The summed E-state index contributed by atoms with van der Waals surface area (Å²) in [7, 11) is 4.45. The highest BCUT2D eigenvalue weighted by atomic mass is 32.1. The summed E-state index contributed by atoms with van der Waals surface area (Å²) in [6, 6.07) is 19.5. The van der Waals surface area contributed by atoms with Crippen LogP contribution < -0.4 is 78.5 Å². The number of oxazole rings is 1. The summed E-state index contributed by atoms with van der Waals surface area (Å²) in [4.78, 5) is 113. The number of nitrogens with one attached hydrogen (secondary N) is 7. The number of aromatic amines is 1. The average molecular weight is 1460 g/mol. The number of H-pyrrole nitrogens is 1. The molecule has 0 radical (unpaired) electrons. The molecule has 0 saturated carbocycles. The summed E-state index contributed by atoms with van der Waals surface area (Å²) in [6.07, 6.45) is 5.58. The fraction of sp³-hybridized carbons (Fsp3) is 0.310. The number of nitrogens with two attached hydrogens (primary N) is 4. The number of hydrogen-bond acceptors (Lipinski definition) is 26. The minimum absolute atomic E-state index is 0.0355. The Morgan fingerprint density at radius 1 is 0.575 bits per heavy atom. The second kappa shape index (κ2) is 30.6. The van der Waals surface area contributed by atoms with E-state index in [0.717, 1.165) is 89.4 Å². The molecule has 3 atom stereocenters. The number of primary amides is 4. The highest BCUT2D eigenvalue weighted by Gasteiger charge is 2.27. The molecule has 15 N–H and O–H groups in total. The molecule has 16 rings (SSSR count). The van der Waals surface area contributed by atoms with E-state index in [1.165, 1.54) is 32.7 Å². The van der Waals surface area contributed by atoms with Crippen LogP contribution in [0.1, 0.15) is 102 Å². The molecule has 5 aromatic carbocycles. The predicted molar refractivity (Wildman–Crippen MR) is 392 cm³/mol. The van der Waals surface area contributed by atoms with Gasteiger partial charge in [-0.05, 0) is 93.1 Å². The van der Waals surface area contributed by atoms with Crippen LogP contribution in [0.25, 0.3) is 75.8 Å². The van der Waals surface area contributed by atoms with Crippen molar-refractivity contribution in [2.24, 2.45) is 22.9 Å². The van der Waals surface area contributed by atoms with E-state index < -0.39 is 23.6 Å². The molecule has 106 heavy (non-hydrogen) atoms. The summed E-state index contributed by atoms with van der Waals surface area (Å²) in [5, 5.41) is 33.6. The molecule has 4 aliphatic heterocycles. The first-order valence-corrected chi connectivity index (χ1v) is 34.4. The van der Waals surface area contributed by atoms with Gasteiger partial charge in [0.1, 0.15) is 87.8 Å². The van der Waals surface area contributed by atoms with E-state index in [2.05, 4.69) is 72.1 Å². The van der Waals surface area contributed by atoms with Crippen molar-refractivity contribution in [3.05, 3.63) is 118 Å². The van der Waals surface area contributed by atoms with Gasteiger partial charge in [0, 0.05) is 102 Å². The number of aromatic nitrogens is 10. The van der Waals surface area contributed by atoms with Crippen LogP contribution in [-0.2, 0) is 32.5 Å². The van der Waals surface area contributed by atoms with Crippen molar-refractivity contribution in [1.29, 1.82) is 0 Å². The van der Waals surface area contributed by atoms with Crippen LogP contribution in [0.2, 0.25) is 0 Å². The summed E-state index contributed by atoms with van der Waals surface area (Å²) in [5.74, 6) is 3.14. The SMILES string of the molecule is COc1cc2c(NC[C@@H]3CCC(=O)N3)nc3nc(C)[nH]c3c2cc1C(N)=O.COc1cc2c(NC[C@@H]3CCC(=O)N3)nc3oc(C)nc3c2cc1C(N)=O.COc1cc2c(NC[C@@H]3CCC(=O)N3)nc3sc(C)nc3c2cc1C(N)=O.NC(=O)c1cc2cccc3c2cc1OCCOCn1nncc1CO3. The Hall–Kier alpha value is -12.8. The maximum absolute atomic E-state index is 11.8. The number of pyridine rings is 3. The molecule has 3 fully saturated rings. The van der Waals surface area contributed by atoms with E-state index in [0.29, 0.717) is 143 Å². The van der Waals surface area contributed by atoms with Crippen LogP contribution in [0, 0.1) is 20.8 Å². The maximum Gasteiger partial charge on any atom is 0.252 e. The first-order chi connectivity index (χ1) is 51.1. The first kappa shape index (κ1) is 71.6. The quantitative estimate of drug-likeness (QED) is 0.0518. The maximum atomic E-state index is 11.8. The predicted octanol–water partition coefficient (Wildman–Crippen LogP) is 6.13. The van der Waals surface area contributed by atoms with Gasteiger partial charge in [-0.3, -0.25) is 33.6 Å². The Morgan fingerprint density at radius 2 is 1.11 bits per heavy atom. The summed E-state index contributed by atoms with van der Waals surface area (Å²) >= 11 is 1.48. The number of methoxy groups -OCH3 is 3. The average Bonchev–Trinajstić information content (AvgIpc) is 1.47. The zero-order chi connectivity index (χ0) is 74.6. The van der Waals surface area contributed by atoms with Crippen LogP contribution in [-0.4, -0.2) is 164 Å². The van der Waals surface area contributed by atoms with Gasteiger partial charge in [-0.15, -0.1) is 5.10 Å². The van der Waals surface area contributed by atoms with Gasteiger partial charge < -0.3 is 92.7 Å². The molecule has 0 unspecified atom stereocenters. The van der Waals surface area contributed by atoms with Gasteiger partial charge in [0.15, 0.2) is 11.5 Å². The molecular weight excluding hydrogens is 1390 g/mol. The third kappa shape index (κ3) is 15.3. The van der Waals surface area contributed by atoms with E-state index in [1.807, 2.05) is 32.0 Å². The number of carbonyl (C=O) groups excluding carboxylic acids is 7. The number of amides is 7. The smallest absolute Gasteiger partial charge is 0.252 e. The van der Waals surface area contributed by atoms with Gasteiger partial charge in [0.25, 0.3) is 23.6 Å². The summed E-state index contributed by atoms with van der Waals surface area (Å²) in [6.45, 7) is 8.26. The van der Waals surface area contributed by atoms with Gasteiger partial charge in [-0.25, -0.2) is 29.6 Å². The number of ether oxygens (including phenoxy) is 6. The highest BCUT2D eigenvalue weighted by molar-refractivity contribution is 7.18. The van der Waals surface area contributed by atoms with E-state index in [-0.39, 0.29) is 54.7 Å². The lowest BCUT2D eigenvalue weighted by atomic mass is 10.0. The van der Waals surface area contributed by atoms with Crippen LogP contribution >= 0.6 is 11.3 Å². The normalized spacial score (nSPS) is 16.2. The number of fused-ring (bicyclic) bond motifs is 11. The largest absolute Gasteiger partial charge is 0.496 e. The van der Waals surface area contributed by atoms with Gasteiger partial charge in [-0.1, -0.05) is 28.7 Å². The van der Waals surface area contributed by atoms with Crippen LogP contribution in [0.15, 0.2) is 77.3 Å². The number of hydrogen-bond donors (Lipinski definition) is 11. The van der Waals surface area contributed by atoms with Crippen molar-refractivity contribution in [2.45, 2.75) is 90.8 Å². The number of imidazole rings is 1. The lowest BCUT2D eigenvalue weighted by Crippen LogP contribution is -2.32. The molecule has 34 nitrogen and oxygen atoms in total. The summed E-state index contributed by atoms with van der Waals surface area (Å²) < 4.78 is 40.4. The Balaban J connectivity index is 0.000000125. The number of benzene rings is 5. The Morgan fingerprint density at radius 3 is 1.66 bits per heavy atom. The van der Waals surface area contributed by atoms with Crippen LogP contribution in [0.4, 0.5) is 17.5 Å². The van der Waals surface area contributed by atoms with E-state index in [1.54, 1.807) is 66.3 Å². The molecule has 35 heteroatoms. The molecule has 11 heterocycles. The van der Waals surface area contributed by atoms with E-state index >= 15 is 0 Å². The van der Waals surface area contributed by atoms with Crippen molar-refractivity contribution in [3.8, 4) is 28.7 Å². The molecule has 3 saturated heterocycles. The Kier molecular flexibility index (Phi) is 20.7. The number of thiazole rings is 1. The molecule has 7 amide bonds. The molecule has 0 spiro atoms. The van der Waals surface area contributed by atoms with Gasteiger partial charge in [0.05, 0.1) is 72.6 Å². The minimum atomic E-state index is -0.595. The lowest BCUT2D eigenvalue weighted by Gasteiger charge is -2.15. The first-order valence-electron chi connectivity index (χ1n) is 33.6. The third-order valence-electron chi connectivity index (χ3n) is 18.0. The zero-order valence-corrected chi connectivity index (χ0v) is 59.1. The number of nitrogens with zero attached hydrogens (tertiary/aromatic N) is 9. The van der Waals surface area contributed by atoms with Crippen LogP contribution in [0.3, 0.4) is 0 Å². The van der Waals surface area contributed by atoms with Gasteiger partial charge in [0.2, 0.25) is 23.4 Å². The van der Waals surface area contributed by atoms with Crippen LogP contribution in [0.5, 0.6) is 28.7 Å². The number of carbonyl (C=O) groups is 7. The Bertz CT molecular complexity index is 5090. The minimum Gasteiger partial charge on any atom is -0.496 e. The molecule has 2 bridgehead atoms. The third-order valence-corrected chi connectivity index (χ3v) is 18.9. The molecule has 7 aromatic heterocycles. The van der Waals surface area contributed by atoms with Crippen molar-refractivity contribution in [1.82, 2.24) is 65.8 Å². The second-order valence-corrected chi connectivity index (χ2v) is 26.4. The number of aryl methyl sites for hydroxylation is 3. The molecule has 4 aliphatic rings. The Labute approximate surface area is 605 Å². The number of rotatable bonds is 16. The van der Waals surface area contributed by atoms with E-state index in [9.17, 15) is 33.6 Å². The monoisotopic (exact) mass is 1460 g/mol. The zero-order valence-electron chi connectivity index (χ0n) is 58.3. The molecule has 548 valence electrons. The van der Waals surface area contributed by atoms with E-state index in [4.69, 9.17) is 60.8 Å². The van der Waals surface area contributed by atoms with Gasteiger partial charge >= 0.3 is 0 Å². The van der Waals surface area contributed by atoms with Crippen molar-refractivity contribution >= 4 is 146 Å². The van der Waals surface area contributed by atoms with Gasteiger partial charge in [-0.2, -0.15) is 4.98 Å². The standard InChI is InChI=1S/C18H20N6O3.C18H19N5O4.C18H19N5O3S.C17H16N4O4/c1-8-21-15-10-5-12(16(19)26)13(27-2)6-11(10)17(24-18(15)22-8)20-7-9-3-4-14(25)23-9;2*1-8-21-15-10-5-12(16(19)25)13(26-2)6-11(10)17(23-18(15)27-8)20-7-9-3-4-14(24)22-9;18-17(22)14-6-11-2-1-3-15-13(11)7-16(14)24-5-4-23-10-21-12(9-25-15)8-19-20-21/h5-6,9H,3-4,7H2,1-2H3,(H2,19,26)(H,23,25)(H2,20,21,22,24);2*5-6,9H,3-4,7H2,1-2H3,(H2,19,25)(H,20,23)(H,22,24);1-3,6-8H,4-5,9-10H2,(H2,18,22)/t3*9-;/m000./s1. The molecule has 12 aromatic rings. The fourth-order valence-corrected chi connectivity index (χ4v) is 13.7. The summed E-state index contributed by atoms with van der Waals surface area (Å²) in [5.41, 5.74) is 26.9. The topological polar surface area (TPSA) is 488 Å². The number of anilines is 3. The second-order valence-electron chi connectivity index (χ2n) is 25.2. The van der Waals surface area contributed by atoms with Crippen molar-refractivity contribution < 1.29 is 66.4 Å². The molecule has 0 aliphatic carbocycles. The van der Waals surface area contributed by atoms with Crippen molar-refractivity contribution in [2.75, 3.05) is 70.1 Å². The highest BCUT2D eigenvalue weighted by Crippen LogP contribution is 2.40. The molecular formula is C71H74N20O14S. The fourth-order valence-electron chi connectivity index (χ4n) is 12.9. The lowest BCUT2D eigenvalue weighted by molar-refractivity contribution is -0.120.